The molecule has 16 heavy (non-hydrogen) atoms. The molecule has 78 valence electrons. The van der Waals surface area contributed by atoms with Gasteiger partial charge in [-0.25, -0.2) is 0 Å². The van der Waals surface area contributed by atoms with Crippen LogP contribution < -0.4 is 0 Å². The van der Waals surface area contributed by atoms with E-state index in [1.807, 2.05) is 36.4 Å². The Morgan fingerprint density at radius 1 is 1.00 bits per heavy atom. The van der Waals surface area contributed by atoms with Gasteiger partial charge in [0.25, 0.3) is 0 Å². The van der Waals surface area contributed by atoms with Crippen molar-refractivity contribution in [3.63, 3.8) is 0 Å². The summed E-state index contributed by atoms with van der Waals surface area (Å²) >= 11 is 0. The van der Waals surface area contributed by atoms with Crippen molar-refractivity contribution in [3.8, 4) is 22.9 Å². The highest BCUT2D eigenvalue weighted by Crippen LogP contribution is 2.25. The van der Waals surface area contributed by atoms with Gasteiger partial charge in [0.05, 0.1) is 12.5 Å². The van der Waals surface area contributed by atoms with Gasteiger partial charge in [-0.15, -0.1) is 0 Å². The third kappa shape index (κ3) is 2.04. The van der Waals surface area contributed by atoms with Crippen LogP contribution in [0.5, 0.6) is 5.75 Å². The molecule has 0 aliphatic carbocycles. The molecule has 0 fully saturated rings. The van der Waals surface area contributed by atoms with Gasteiger partial charge in [0.1, 0.15) is 5.75 Å². The van der Waals surface area contributed by atoms with Gasteiger partial charge in [-0.1, -0.05) is 36.4 Å². The fraction of sp³-hybridized carbons (Fsp3) is 0.0714. The van der Waals surface area contributed by atoms with E-state index >= 15 is 0 Å². The molecule has 2 heteroatoms. The fourth-order valence-electron chi connectivity index (χ4n) is 1.68. The molecule has 0 bridgehead atoms. The first-order valence-corrected chi connectivity index (χ1v) is 5.05. The van der Waals surface area contributed by atoms with Crippen molar-refractivity contribution in [2.75, 3.05) is 0 Å². The van der Waals surface area contributed by atoms with Crippen molar-refractivity contribution in [1.82, 2.24) is 0 Å². The highest BCUT2D eigenvalue weighted by molar-refractivity contribution is 5.68. The van der Waals surface area contributed by atoms with E-state index in [2.05, 4.69) is 6.07 Å². The van der Waals surface area contributed by atoms with E-state index in [0.29, 0.717) is 6.42 Å². The second kappa shape index (κ2) is 4.50. The minimum atomic E-state index is 0.251. The number of phenols is 1. The van der Waals surface area contributed by atoms with E-state index in [1.165, 1.54) is 0 Å². The summed E-state index contributed by atoms with van der Waals surface area (Å²) in [6, 6.07) is 17.0. The summed E-state index contributed by atoms with van der Waals surface area (Å²) in [5, 5.41) is 18.0. The van der Waals surface area contributed by atoms with Crippen molar-refractivity contribution in [1.29, 1.82) is 5.26 Å². The molecule has 0 amide bonds. The summed E-state index contributed by atoms with van der Waals surface area (Å²) in [5.41, 5.74) is 3.07. The maximum absolute atomic E-state index is 9.22. The quantitative estimate of drug-likeness (QED) is 0.825. The molecular formula is C14H11NO. The summed E-state index contributed by atoms with van der Waals surface area (Å²) in [7, 11) is 0. The average Bonchev–Trinajstić information content (AvgIpc) is 2.32. The number of rotatable bonds is 2. The van der Waals surface area contributed by atoms with Crippen LogP contribution in [-0.2, 0) is 6.42 Å². The Kier molecular flexibility index (Phi) is 2.88. The van der Waals surface area contributed by atoms with Crippen molar-refractivity contribution in [3.05, 3.63) is 54.1 Å². The molecule has 0 radical (unpaired) electrons. The lowest BCUT2D eigenvalue weighted by Gasteiger charge is -2.06. The van der Waals surface area contributed by atoms with Crippen LogP contribution in [-0.4, -0.2) is 5.11 Å². The van der Waals surface area contributed by atoms with Gasteiger partial charge in [-0.05, 0) is 28.8 Å². The van der Waals surface area contributed by atoms with Gasteiger partial charge in [0.15, 0.2) is 0 Å². The van der Waals surface area contributed by atoms with Crippen molar-refractivity contribution in [2.45, 2.75) is 6.42 Å². The molecule has 2 rings (SSSR count). The molecule has 1 N–H and O–H groups in total. The molecule has 0 unspecified atom stereocenters. The topological polar surface area (TPSA) is 44.0 Å². The van der Waals surface area contributed by atoms with Gasteiger partial charge >= 0.3 is 0 Å². The van der Waals surface area contributed by atoms with E-state index in [1.54, 1.807) is 12.1 Å². The van der Waals surface area contributed by atoms with Crippen molar-refractivity contribution >= 4 is 0 Å². The molecule has 0 aliphatic heterocycles. The van der Waals surface area contributed by atoms with E-state index in [9.17, 15) is 5.11 Å². The zero-order valence-corrected chi connectivity index (χ0v) is 8.72. The smallest absolute Gasteiger partial charge is 0.115 e. The lowest BCUT2D eigenvalue weighted by atomic mass is 9.98. The molecule has 0 spiro atoms. The SMILES string of the molecule is N#CCc1ccccc1-c1ccc(O)cc1. The van der Waals surface area contributed by atoms with Crippen LogP contribution in [0.2, 0.25) is 0 Å². The Labute approximate surface area is 94.4 Å². The first kappa shape index (κ1) is 10.3. The van der Waals surface area contributed by atoms with Crippen LogP contribution >= 0.6 is 0 Å². The van der Waals surface area contributed by atoms with Crippen LogP contribution in [0.25, 0.3) is 11.1 Å². The molecule has 2 aromatic carbocycles. The number of benzene rings is 2. The number of aromatic hydroxyl groups is 1. The van der Waals surface area contributed by atoms with E-state index in [0.717, 1.165) is 16.7 Å². The van der Waals surface area contributed by atoms with Gasteiger partial charge in [0.2, 0.25) is 0 Å². The molecule has 2 nitrogen and oxygen atoms in total. The Balaban J connectivity index is 2.47. The Morgan fingerprint density at radius 2 is 1.69 bits per heavy atom. The summed E-state index contributed by atoms with van der Waals surface area (Å²) < 4.78 is 0. The van der Waals surface area contributed by atoms with Crippen molar-refractivity contribution in [2.24, 2.45) is 0 Å². The highest BCUT2D eigenvalue weighted by atomic mass is 16.3. The van der Waals surface area contributed by atoms with E-state index in [-0.39, 0.29) is 5.75 Å². The van der Waals surface area contributed by atoms with Gasteiger partial charge in [0, 0.05) is 0 Å². The molecule has 0 aliphatic rings. The molecular weight excluding hydrogens is 198 g/mol. The summed E-state index contributed by atoms with van der Waals surface area (Å²) in [4.78, 5) is 0. The maximum atomic E-state index is 9.22. The van der Waals surface area contributed by atoms with E-state index in [4.69, 9.17) is 5.26 Å². The number of nitrogens with zero attached hydrogens (tertiary/aromatic N) is 1. The molecule has 0 saturated carbocycles. The lowest BCUT2D eigenvalue weighted by molar-refractivity contribution is 0.475. The summed E-state index contributed by atoms with van der Waals surface area (Å²) in [6.07, 6.45) is 0.400. The standard InChI is InChI=1S/C14H11NO/c15-10-9-11-3-1-2-4-14(11)12-5-7-13(16)8-6-12/h1-8,16H,9H2. The minimum absolute atomic E-state index is 0.251. The first-order valence-electron chi connectivity index (χ1n) is 5.05. The summed E-state index contributed by atoms with van der Waals surface area (Å²) in [5.74, 6) is 0.251. The minimum Gasteiger partial charge on any atom is -0.508 e. The third-order valence-corrected chi connectivity index (χ3v) is 2.47. The maximum Gasteiger partial charge on any atom is 0.115 e. The van der Waals surface area contributed by atoms with Crippen LogP contribution in [0, 0.1) is 11.3 Å². The highest BCUT2D eigenvalue weighted by Gasteiger charge is 2.03. The second-order valence-corrected chi connectivity index (χ2v) is 3.54. The van der Waals surface area contributed by atoms with Crippen molar-refractivity contribution < 1.29 is 5.11 Å². The molecule has 0 aromatic heterocycles. The molecule has 0 atom stereocenters. The van der Waals surface area contributed by atoms with Crippen LogP contribution in [0.3, 0.4) is 0 Å². The largest absolute Gasteiger partial charge is 0.508 e. The first-order chi connectivity index (χ1) is 7.81. The fourth-order valence-corrected chi connectivity index (χ4v) is 1.68. The Morgan fingerprint density at radius 3 is 2.38 bits per heavy atom. The molecule has 0 saturated heterocycles. The van der Waals surface area contributed by atoms with Gasteiger partial charge < -0.3 is 5.11 Å². The van der Waals surface area contributed by atoms with Crippen LogP contribution in [0.15, 0.2) is 48.5 Å². The monoisotopic (exact) mass is 209 g/mol. The lowest BCUT2D eigenvalue weighted by Crippen LogP contribution is -1.87. The average molecular weight is 209 g/mol. The number of nitriles is 1. The Bertz CT molecular complexity index is 523. The predicted octanol–water partition coefficient (Wildman–Crippen LogP) is 3.13. The summed E-state index contributed by atoms with van der Waals surface area (Å²) in [6.45, 7) is 0. The molecule has 2 aromatic rings. The Hall–Kier alpha value is -2.27. The van der Waals surface area contributed by atoms with E-state index < -0.39 is 0 Å². The van der Waals surface area contributed by atoms with Crippen LogP contribution in [0.4, 0.5) is 0 Å². The predicted molar refractivity (Wildman–Crippen MR) is 62.9 cm³/mol. The van der Waals surface area contributed by atoms with Crippen LogP contribution in [0.1, 0.15) is 5.56 Å². The van der Waals surface area contributed by atoms with Gasteiger partial charge in [-0.2, -0.15) is 5.26 Å². The zero-order chi connectivity index (χ0) is 11.4. The zero-order valence-electron chi connectivity index (χ0n) is 8.72. The third-order valence-electron chi connectivity index (χ3n) is 2.47. The number of hydrogen-bond acceptors (Lipinski definition) is 2. The van der Waals surface area contributed by atoms with Gasteiger partial charge in [-0.3, -0.25) is 0 Å². The number of hydrogen-bond donors (Lipinski definition) is 1. The normalized spacial score (nSPS) is 9.69. The number of phenolic OH excluding ortho intramolecular Hbond substituents is 1. The molecule has 0 heterocycles. The second-order valence-electron chi connectivity index (χ2n) is 3.54.